The zero-order chi connectivity index (χ0) is 26.4. The van der Waals surface area contributed by atoms with Gasteiger partial charge in [-0.2, -0.15) is 0 Å². The Hall–Kier alpha value is -3.90. The molecule has 6 nitrogen and oxygen atoms in total. The Bertz CT molecular complexity index is 1360. The number of amides is 2. The number of carbonyl (C=O) groups is 2. The molecule has 7 heteroatoms. The van der Waals surface area contributed by atoms with E-state index in [2.05, 4.69) is 5.32 Å². The number of rotatable bonds is 9. The molecular formula is C30H31ClN4O2. The van der Waals surface area contributed by atoms with Gasteiger partial charge in [-0.15, -0.1) is 0 Å². The molecule has 0 radical (unpaired) electrons. The van der Waals surface area contributed by atoms with Gasteiger partial charge in [-0.3, -0.25) is 19.5 Å². The third kappa shape index (κ3) is 7.08. The largest absolute Gasteiger partial charge is 0.333 e. The molecule has 0 bridgehead atoms. The standard InChI is InChI=1S/C30H31ClN4O2/c1-21(2)18-34(29(37)17-23-9-5-4-6-10-23)20-28(36)33-30-32-27(24-12-14-25(31)15-13-24)19-35(30)26-11-7-8-22(3)16-26/h4-16,19,21H,17-18,20H2,1-3H3,(H,32,33,36). The van der Waals surface area contributed by atoms with Crippen molar-refractivity contribution in [3.63, 3.8) is 0 Å². The van der Waals surface area contributed by atoms with Crippen LogP contribution in [0.4, 0.5) is 5.95 Å². The van der Waals surface area contributed by atoms with Crippen molar-refractivity contribution in [2.24, 2.45) is 5.92 Å². The van der Waals surface area contributed by atoms with Crippen LogP contribution in [0, 0.1) is 12.8 Å². The summed E-state index contributed by atoms with van der Waals surface area (Å²) in [5.74, 6) is 0.224. The molecule has 0 saturated heterocycles. The Labute approximate surface area is 222 Å². The van der Waals surface area contributed by atoms with Gasteiger partial charge in [0.05, 0.1) is 18.7 Å². The second kappa shape index (κ2) is 11.9. The van der Waals surface area contributed by atoms with E-state index in [4.69, 9.17) is 16.6 Å². The first-order valence-corrected chi connectivity index (χ1v) is 12.7. The number of imidazole rings is 1. The zero-order valence-corrected chi connectivity index (χ0v) is 22.1. The number of aromatic nitrogens is 2. The molecule has 4 rings (SSSR count). The van der Waals surface area contributed by atoms with Gasteiger partial charge in [-0.05, 0) is 48.2 Å². The quantitative estimate of drug-likeness (QED) is 0.290. The minimum absolute atomic E-state index is 0.0548. The summed E-state index contributed by atoms with van der Waals surface area (Å²) in [6.07, 6.45) is 2.14. The predicted molar refractivity (Wildman–Crippen MR) is 149 cm³/mol. The fourth-order valence-electron chi connectivity index (χ4n) is 4.12. The van der Waals surface area contributed by atoms with Crippen LogP contribution in [-0.2, 0) is 16.0 Å². The van der Waals surface area contributed by atoms with E-state index in [1.54, 1.807) is 4.90 Å². The van der Waals surface area contributed by atoms with E-state index in [0.717, 1.165) is 22.4 Å². The van der Waals surface area contributed by atoms with Gasteiger partial charge >= 0.3 is 0 Å². The SMILES string of the molecule is Cc1cccc(-n2cc(-c3ccc(Cl)cc3)nc2NC(=O)CN(CC(C)C)C(=O)Cc2ccccc2)c1. The topological polar surface area (TPSA) is 67.2 Å². The van der Waals surface area contributed by atoms with E-state index in [-0.39, 0.29) is 30.7 Å². The van der Waals surface area contributed by atoms with E-state index < -0.39 is 0 Å². The highest BCUT2D eigenvalue weighted by atomic mass is 35.5. The molecule has 2 amide bonds. The summed E-state index contributed by atoms with van der Waals surface area (Å²) in [5, 5.41) is 3.59. The number of halogens is 1. The average molecular weight is 515 g/mol. The van der Waals surface area contributed by atoms with Crippen LogP contribution in [0.1, 0.15) is 25.0 Å². The van der Waals surface area contributed by atoms with E-state index >= 15 is 0 Å². The summed E-state index contributed by atoms with van der Waals surface area (Å²) >= 11 is 6.06. The molecule has 1 N–H and O–H groups in total. The minimum Gasteiger partial charge on any atom is -0.333 e. The van der Waals surface area contributed by atoms with Gasteiger partial charge in [0.25, 0.3) is 0 Å². The van der Waals surface area contributed by atoms with Crippen molar-refractivity contribution in [3.05, 3.63) is 101 Å². The fraction of sp³-hybridized carbons (Fsp3) is 0.233. The molecule has 1 aromatic heterocycles. The molecule has 0 aliphatic heterocycles. The Balaban J connectivity index is 1.58. The van der Waals surface area contributed by atoms with Gasteiger partial charge in [0.2, 0.25) is 17.8 Å². The summed E-state index contributed by atoms with van der Waals surface area (Å²) in [6, 6.07) is 24.9. The van der Waals surface area contributed by atoms with Crippen molar-refractivity contribution < 1.29 is 9.59 Å². The Morgan fingerprint density at radius 2 is 1.73 bits per heavy atom. The second-order valence-corrected chi connectivity index (χ2v) is 9.98. The maximum absolute atomic E-state index is 13.2. The lowest BCUT2D eigenvalue weighted by molar-refractivity contribution is -0.134. The molecule has 0 saturated carbocycles. The van der Waals surface area contributed by atoms with Crippen molar-refractivity contribution in [1.82, 2.24) is 14.5 Å². The summed E-state index contributed by atoms with van der Waals surface area (Å²) < 4.78 is 1.85. The number of anilines is 1. The van der Waals surface area contributed by atoms with Gasteiger partial charge in [0.15, 0.2) is 0 Å². The Morgan fingerprint density at radius 1 is 1.00 bits per heavy atom. The summed E-state index contributed by atoms with van der Waals surface area (Å²) in [7, 11) is 0. The summed E-state index contributed by atoms with van der Waals surface area (Å²) in [5.41, 5.74) is 4.47. The van der Waals surface area contributed by atoms with E-state index in [0.29, 0.717) is 23.2 Å². The molecule has 0 aliphatic rings. The molecular weight excluding hydrogens is 484 g/mol. The molecule has 0 fully saturated rings. The van der Waals surface area contributed by atoms with Gasteiger partial charge in [-0.1, -0.05) is 80.0 Å². The van der Waals surface area contributed by atoms with Crippen LogP contribution in [0.3, 0.4) is 0 Å². The first kappa shape index (κ1) is 26.2. The minimum atomic E-state index is -0.302. The lowest BCUT2D eigenvalue weighted by Crippen LogP contribution is -2.41. The van der Waals surface area contributed by atoms with Crippen LogP contribution >= 0.6 is 11.6 Å². The third-order valence-electron chi connectivity index (χ3n) is 5.85. The molecule has 3 aromatic carbocycles. The second-order valence-electron chi connectivity index (χ2n) is 9.54. The van der Waals surface area contributed by atoms with Crippen molar-refractivity contribution in [1.29, 1.82) is 0 Å². The maximum Gasteiger partial charge on any atom is 0.246 e. The smallest absolute Gasteiger partial charge is 0.246 e. The monoisotopic (exact) mass is 514 g/mol. The van der Waals surface area contributed by atoms with E-state index in [1.807, 2.05) is 110 Å². The highest BCUT2D eigenvalue weighted by Gasteiger charge is 2.21. The average Bonchev–Trinajstić information content (AvgIpc) is 3.28. The molecule has 0 unspecified atom stereocenters. The first-order chi connectivity index (χ1) is 17.8. The first-order valence-electron chi connectivity index (χ1n) is 12.3. The molecule has 0 spiro atoms. The number of nitrogens with zero attached hydrogens (tertiary/aromatic N) is 3. The number of hydrogen-bond acceptors (Lipinski definition) is 3. The molecule has 37 heavy (non-hydrogen) atoms. The Morgan fingerprint density at radius 3 is 2.41 bits per heavy atom. The normalized spacial score (nSPS) is 10.9. The molecule has 190 valence electrons. The Kier molecular flexibility index (Phi) is 8.41. The van der Waals surface area contributed by atoms with Crippen LogP contribution in [0.15, 0.2) is 85.1 Å². The third-order valence-corrected chi connectivity index (χ3v) is 6.10. The van der Waals surface area contributed by atoms with Crippen molar-refractivity contribution >= 4 is 29.4 Å². The maximum atomic E-state index is 13.2. The highest BCUT2D eigenvalue weighted by molar-refractivity contribution is 6.30. The molecule has 1 heterocycles. The predicted octanol–water partition coefficient (Wildman–Crippen LogP) is 6.17. The molecule has 4 aromatic rings. The zero-order valence-electron chi connectivity index (χ0n) is 21.3. The molecule has 0 aliphatic carbocycles. The number of hydrogen-bond donors (Lipinski definition) is 1. The lowest BCUT2D eigenvalue weighted by Gasteiger charge is -2.24. The van der Waals surface area contributed by atoms with Crippen molar-refractivity contribution in [2.75, 3.05) is 18.4 Å². The van der Waals surface area contributed by atoms with Crippen LogP contribution in [0.2, 0.25) is 5.02 Å². The fourth-order valence-corrected chi connectivity index (χ4v) is 4.24. The van der Waals surface area contributed by atoms with Crippen molar-refractivity contribution in [2.45, 2.75) is 27.2 Å². The summed E-state index contributed by atoms with van der Waals surface area (Å²) in [6.45, 7) is 6.51. The van der Waals surface area contributed by atoms with Crippen molar-refractivity contribution in [3.8, 4) is 16.9 Å². The van der Waals surface area contributed by atoms with Gasteiger partial charge < -0.3 is 4.90 Å². The number of carbonyl (C=O) groups excluding carboxylic acids is 2. The summed E-state index contributed by atoms with van der Waals surface area (Å²) in [4.78, 5) is 32.7. The van der Waals surface area contributed by atoms with E-state index in [9.17, 15) is 9.59 Å². The van der Waals surface area contributed by atoms with Crippen LogP contribution in [0.5, 0.6) is 0 Å². The van der Waals surface area contributed by atoms with Gasteiger partial charge in [0, 0.05) is 29.0 Å². The van der Waals surface area contributed by atoms with Crippen LogP contribution in [-0.4, -0.2) is 39.4 Å². The highest BCUT2D eigenvalue weighted by Crippen LogP contribution is 2.26. The van der Waals surface area contributed by atoms with Crippen LogP contribution in [0.25, 0.3) is 16.9 Å². The molecule has 0 atom stereocenters. The van der Waals surface area contributed by atoms with Gasteiger partial charge in [0.1, 0.15) is 0 Å². The van der Waals surface area contributed by atoms with Gasteiger partial charge in [-0.25, -0.2) is 4.98 Å². The number of aryl methyl sites for hydroxylation is 1. The number of nitrogens with one attached hydrogen (secondary N) is 1. The lowest BCUT2D eigenvalue weighted by atomic mass is 10.1. The number of benzene rings is 3. The van der Waals surface area contributed by atoms with E-state index in [1.165, 1.54) is 0 Å². The van der Waals surface area contributed by atoms with Crippen LogP contribution < -0.4 is 5.32 Å².